The van der Waals surface area contributed by atoms with Gasteiger partial charge in [-0.2, -0.15) is 0 Å². The predicted octanol–water partition coefficient (Wildman–Crippen LogP) is 3.34. The van der Waals surface area contributed by atoms with E-state index in [1.165, 1.54) is 51.5 Å². The van der Waals surface area contributed by atoms with E-state index in [9.17, 15) is 0 Å². The Morgan fingerprint density at radius 2 is 1.93 bits per heavy atom. The van der Waals surface area contributed by atoms with Gasteiger partial charge >= 0.3 is 0 Å². The summed E-state index contributed by atoms with van der Waals surface area (Å²) in [7, 11) is 0. The minimum Gasteiger partial charge on any atom is -0.313 e. The summed E-state index contributed by atoms with van der Waals surface area (Å²) in [6, 6.07) is 0.854. The predicted molar refractivity (Wildman–Crippen MR) is 61.4 cm³/mol. The van der Waals surface area contributed by atoms with Crippen molar-refractivity contribution >= 4 is 0 Å². The van der Waals surface area contributed by atoms with E-state index in [-0.39, 0.29) is 0 Å². The van der Waals surface area contributed by atoms with Gasteiger partial charge in [-0.05, 0) is 50.0 Å². The second-order valence-corrected chi connectivity index (χ2v) is 5.82. The van der Waals surface area contributed by atoms with Crippen LogP contribution in [0, 0.1) is 11.3 Å². The fraction of sp³-hybridized carbons (Fsp3) is 1.00. The minimum absolute atomic E-state index is 0.685. The molecule has 14 heavy (non-hydrogen) atoms. The van der Waals surface area contributed by atoms with Crippen molar-refractivity contribution < 1.29 is 0 Å². The molecule has 1 atom stereocenters. The van der Waals surface area contributed by atoms with Crippen molar-refractivity contribution in [2.24, 2.45) is 11.3 Å². The van der Waals surface area contributed by atoms with Gasteiger partial charge in [-0.1, -0.05) is 26.7 Å². The summed E-state index contributed by atoms with van der Waals surface area (Å²) in [5.74, 6) is 0.871. The third-order valence-electron chi connectivity index (χ3n) is 4.21. The number of hydrogen-bond donors (Lipinski definition) is 1. The van der Waals surface area contributed by atoms with Crippen LogP contribution in [0.25, 0.3) is 0 Å². The van der Waals surface area contributed by atoms with Crippen molar-refractivity contribution in [3.05, 3.63) is 0 Å². The Kier molecular flexibility index (Phi) is 3.16. The molecule has 1 heteroatoms. The molecule has 2 fully saturated rings. The molecule has 1 aliphatic heterocycles. The zero-order valence-corrected chi connectivity index (χ0v) is 9.81. The normalized spacial score (nSPS) is 31.5. The number of hydrogen-bond acceptors (Lipinski definition) is 1. The van der Waals surface area contributed by atoms with Gasteiger partial charge in [0.15, 0.2) is 0 Å². The van der Waals surface area contributed by atoms with E-state index in [4.69, 9.17) is 0 Å². The molecule has 0 aromatic carbocycles. The van der Waals surface area contributed by atoms with Gasteiger partial charge in [0.05, 0.1) is 0 Å². The SMILES string of the molecule is CC(C)CC1(C2CCCN2)CCCC1. The lowest BCUT2D eigenvalue weighted by atomic mass is 9.72. The van der Waals surface area contributed by atoms with Gasteiger partial charge in [-0.25, -0.2) is 0 Å². The van der Waals surface area contributed by atoms with Crippen LogP contribution in [0.1, 0.15) is 58.8 Å². The van der Waals surface area contributed by atoms with E-state index in [1.807, 2.05) is 0 Å². The van der Waals surface area contributed by atoms with Gasteiger partial charge in [0.1, 0.15) is 0 Å². The second kappa shape index (κ2) is 4.22. The number of rotatable bonds is 3. The van der Waals surface area contributed by atoms with Gasteiger partial charge in [0.2, 0.25) is 0 Å². The Balaban J connectivity index is 2.04. The van der Waals surface area contributed by atoms with Gasteiger partial charge in [-0.3, -0.25) is 0 Å². The summed E-state index contributed by atoms with van der Waals surface area (Å²) in [5, 5.41) is 3.74. The highest BCUT2D eigenvalue weighted by Crippen LogP contribution is 2.47. The Morgan fingerprint density at radius 3 is 2.43 bits per heavy atom. The Hall–Kier alpha value is -0.0400. The van der Waals surface area contributed by atoms with Crippen LogP contribution < -0.4 is 5.32 Å². The molecular weight excluding hydrogens is 170 g/mol. The van der Waals surface area contributed by atoms with Crippen LogP contribution in [0.2, 0.25) is 0 Å². The van der Waals surface area contributed by atoms with Crippen molar-refractivity contribution in [3.8, 4) is 0 Å². The largest absolute Gasteiger partial charge is 0.313 e. The summed E-state index contributed by atoms with van der Waals surface area (Å²) in [6.07, 6.45) is 10.2. The Labute approximate surface area is 88.7 Å². The molecule has 0 amide bonds. The fourth-order valence-electron chi connectivity index (χ4n) is 3.79. The average molecular weight is 195 g/mol. The minimum atomic E-state index is 0.685. The van der Waals surface area contributed by atoms with Crippen LogP contribution in [-0.4, -0.2) is 12.6 Å². The van der Waals surface area contributed by atoms with Gasteiger partial charge in [0, 0.05) is 6.04 Å². The first kappa shape index (κ1) is 10.5. The maximum absolute atomic E-state index is 3.74. The van der Waals surface area contributed by atoms with Crippen molar-refractivity contribution in [2.75, 3.05) is 6.54 Å². The first-order valence-corrected chi connectivity index (χ1v) is 6.46. The molecule has 1 saturated heterocycles. The highest BCUT2D eigenvalue weighted by atomic mass is 15.0. The molecule has 1 N–H and O–H groups in total. The van der Waals surface area contributed by atoms with Crippen LogP contribution in [0.5, 0.6) is 0 Å². The number of nitrogens with one attached hydrogen (secondary N) is 1. The molecule has 0 aromatic heterocycles. The third kappa shape index (κ3) is 1.98. The van der Waals surface area contributed by atoms with Gasteiger partial charge < -0.3 is 5.32 Å². The molecule has 0 bridgehead atoms. The van der Waals surface area contributed by atoms with Gasteiger partial charge in [-0.15, -0.1) is 0 Å². The summed E-state index contributed by atoms with van der Waals surface area (Å²) in [5.41, 5.74) is 0.685. The first-order chi connectivity index (χ1) is 6.73. The smallest absolute Gasteiger partial charge is 0.0124 e. The fourth-order valence-corrected chi connectivity index (χ4v) is 3.79. The first-order valence-electron chi connectivity index (χ1n) is 6.46. The molecule has 2 aliphatic rings. The Bertz CT molecular complexity index is 174. The molecule has 1 saturated carbocycles. The second-order valence-electron chi connectivity index (χ2n) is 5.82. The molecule has 1 aliphatic carbocycles. The van der Waals surface area contributed by atoms with Crippen LogP contribution in [0.15, 0.2) is 0 Å². The summed E-state index contributed by atoms with van der Waals surface area (Å²) < 4.78 is 0. The van der Waals surface area contributed by atoms with E-state index in [0.717, 1.165) is 12.0 Å². The van der Waals surface area contributed by atoms with E-state index in [1.54, 1.807) is 0 Å². The lowest BCUT2D eigenvalue weighted by molar-refractivity contribution is 0.168. The highest BCUT2D eigenvalue weighted by Gasteiger charge is 2.42. The zero-order valence-electron chi connectivity index (χ0n) is 9.81. The summed E-state index contributed by atoms with van der Waals surface area (Å²) in [6.45, 7) is 6.04. The molecule has 1 heterocycles. The van der Waals surface area contributed by atoms with Crippen molar-refractivity contribution in [1.29, 1.82) is 0 Å². The molecule has 2 rings (SSSR count). The molecule has 0 radical (unpaired) electrons. The summed E-state index contributed by atoms with van der Waals surface area (Å²) in [4.78, 5) is 0. The van der Waals surface area contributed by atoms with E-state index < -0.39 is 0 Å². The highest BCUT2D eigenvalue weighted by molar-refractivity contribution is 4.97. The lowest BCUT2D eigenvalue weighted by Crippen LogP contribution is -2.40. The summed E-state index contributed by atoms with van der Waals surface area (Å²) >= 11 is 0. The molecular formula is C13H25N. The van der Waals surface area contributed by atoms with E-state index in [0.29, 0.717) is 5.41 Å². The van der Waals surface area contributed by atoms with Crippen LogP contribution >= 0.6 is 0 Å². The topological polar surface area (TPSA) is 12.0 Å². The van der Waals surface area contributed by atoms with Crippen molar-refractivity contribution in [2.45, 2.75) is 64.8 Å². The zero-order chi connectivity index (χ0) is 10.0. The van der Waals surface area contributed by atoms with Crippen molar-refractivity contribution in [3.63, 3.8) is 0 Å². The monoisotopic (exact) mass is 195 g/mol. The molecule has 0 spiro atoms. The quantitative estimate of drug-likeness (QED) is 0.728. The molecule has 1 unspecified atom stereocenters. The maximum atomic E-state index is 3.74. The molecule has 0 aromatic rings. The molecule has 82 valence electrons. The molecule has 1 nitrogen and oxygen atoms in total. The Morgan fingerprint density at radius 1 is 1.21 bits per heavy atom. The maximum Gasteiger partial charge on any atom is 0.0124 e. The van der Waals surface area contributed by atoms with Crippen molar-refractivity contribution in [1.82, 2.24) is 5.32 Å². The third-order valence-corrected chi connectivity index (χ3v) is 4.21. The van der Waals surface area contributed by atoms with Crippen LogP contribution in [0.3, 0.4) is 0 Å². The van der Waals surface area contributed by atoms with E-state index >= 15 is 0 Å². The lowest BCUT2D eigenvalue weighted by Gasteiger charge is -2.37. The van der Waals surface area contributed by atoms with E-state index in [2.05, 4.69) is 19.2 Å². The average Bonchev–Trinajstić information content (AvgIpc) is 2.69. The standard InChI is InChI=1S/C13H25N/c1-11(2)10-13(7-3-4-8-13)12-6-5-9-14-12/h11-12,14H,3-10H2,1-2H3. The van der Waals surface area contributed by atoms with Gasteiger partial charge in [0.25, 0.3) is 0 Å². The van der Waals surface area contributed by atoms with Crippen LogP contribution in [-0.2, 0) is 0 Å². The van der Waals surface area contributed by atoms with Crippen LogP contribution in [0.4, 0.5) is 0 Å².